The monoisotopic (exact) mass is 599 g/mol. The van der Waals surface area contributed by atoms with E-state index in [0.29, 0.717) is 44.2 Å². The molecule has 5 aromatic rings. The number of nitrogens with zero attached hydrogens (tertiary/aromatic N) is 4. The molecule has 2 aromatic carbocycles. The van der Waals surface area contributed by atoms with E-state index in [1.54, 1.807) is 28.0 Å². The molecule has 2 fully saturated rings. The van der Waals surface area contributed by atoms with E-state index in [0.717, 1.165) is 69.8 Å². The van der Waals surface area contributed by atoms with Crippen LogP contribution in [0, 0.1) is 0 Å². The first-order chi connectivity index (χ1) is 21.1. The Morgan fingerprint density at radius 3 is 2.44 bits per heavy atom. The summed E-state index contributed by atoms with van der Waals surface area (Å²) in [6.07, 6.45) is 2.22. The van der Waals surface area contributed by atoms with Gasteiger partial charge in [0.25, 0.3) is 5.56 Å². The van der Waals surface area contributed by atoms with Gasteiger partial charge in [-0.25, -0.2) is 4.98 Å². The van der Waals surface area contributed by atoms with Gasteiger partial charge >= 0.3 is 0 Å². The van der Waals surface area contributed by atoms with Crippen LogP contribution >= 0.6 is 11.3 Å². The molecule has 2 saturated heterocycles. The molecule has 7 rings (SSSR count). The van der Waals surface area contributed by atoms with Crippen LogP contribution in [-0.4, -0.2) is 79.3 Å². The van der Waals surface area contributed by atoms with Gasteiger partial charge in [-0.1, -0.05) is 32.0 Å². The van der Waals surface area contributed by atoms with Gasteiger partial charge in [0.15, 0.2) is 0 Å². The molecule has 3 aromatic heterocycles. The fourth-order valence-electron chi connectivity index (χ4n) is 5.67. The number of rotatable bonds is 6. The van der Waals surface area contributed by atoms with Crippen LogP contribution in [0.25, 0.3) is 36.9 Å². The predicted molar refractivity (Wildman–Crippen MR) is 175 cm³/mol. The van der Waals surface area contributed by atoms with Crippen molar-refractivity contribution in [3.05, 3.63) is 71.1 Å². The van der Waals surface area contributed by atoms with E-state index in [9.17, 15) is 9.59 Å². The van der Waals surface area contributed by atoms with E-state index in [1.807, 2.05) is 38.1 Å². The number of nitrogens with one attached hydrogen (secondary N) is 1. The molecule has 10 heteroatoms. The Bertz CT molecular complexity index is 1800. The molecule has 9 nitrogen and oxygen atoms in total. The summed E-state index contributed by atoms with van der Waals surface area (Å²) < 4.78 is 14.8. The normalized spacial score (nSPS) is 15.9. The Kier molecular flexibility index (Phi) is 8.99. The number of hydrogen-bond acceptors (Lipinski definition) is 8. The van der Waals surface area contributed by atoms with Gasteiger partial charge in [0.2, 0.25) is 5.91 Å². The molecule has 224 valence electrons. The number of ether oxygens (including phenoxy) is 2. The largest absolute Gasteiger partial charge is 0.379 e. The predicted octanol–water partition coefficient (Wildman–Crippen LogP) is 5.25. The summed E-state index contributed by atoms with van der Waals surface area (Å²) in [6.45, 7) is 10.6. The van der Waals surface area contributed by atoms with Crippen molar-refractivity contribution in [3.8, 4) is 11.1 Å². The van der Waals surface area contributed by atoms with E-state index in [2.05, 4.69) is 39.4 Å². The molecule has 1 amide bonds. The average Bonchev–Trinajstić information content (AvgIpc) is 3.44. The number of morpholine rings is 2. The highest BCUT2D eigenvalue weighted by Gasteiger charge is 2.18. The Labute approximate surface area is 254 Å². The van der Waals surface area contributed by atoms with Gasteiger partial charge in [0, 0.05) is 88.4 Å². The van der Waals surface area contributed by atoms with Gasteiger partial charge in [-0.2, -0.15) is 0 Å². The molecule has 0 atom stereocenters. The van der Waals surface area contributed by atoms with Gasteiger partial charge in [-0.05, 0) is 30.3 Å². The van der Waals surface area contributed by atoms with E-state index >= 15 is 0 Å². The highest BCUT2D eigenvalue weighted by molar-refractivity contribution is 7.26. The molecule has 43 heavy (non-hydrogen) atoms. The van der Waals surface area contributed by atoms with Crippen molar-refractivity contribution in [1.29, 1.82) is 0 Å². The highest BCUT2D eigenvalue weighted by Crippen LogP contribution is 2.41. The minimum atomic E-state index is -0.101. The summed E-state index contributed by atoms with van der Waals surface area (Å²) >= 11 is 1.71. The van der Waals surface area contributed by atoms with Crippen LogP contribution in [0.5, 0.6) is 0 Å². The quantitative estimate of drug-likeness (QED) is 0.285. The van der Waals surface area contributed by atoms with Crippen LogP contribution in [0.4, 0.5) is 11.5 Å². The number of aromatic nitrogens is 2. The first-order valence-corrected chi connectivity index (χ1v) is 15.9. The number of hydrogen-bond donors (Lipinski definition) is 1. The molecule has 2 aliphatic rings. The van der Waals surface area contributed by atoms with E-state index in [-0.39, 0.29) is 11.5 Å². The Morgan fingerprint density at radius 1 is 0.907 bits per heavy atom. The molecular formula is C33H37N5O4S. The molecule has 0 bridgehead atoms. The van der Waals surface area contributed by atoms with E-state index in [1.165, 1.54) is 0 Å². The summed E-state index contributed by atoms with van der Waals surface area (Å²) in [5, 5.41) is 5.29. The van der Waals surface area contributed by atoms with Crippen molar-refractivity contribution in [3.63, 3.8) is 0 Å². The number of carbonyl (C=O) groups excluding carboxylic acids is 1. The SMILES string of the molecule is CC.O=C(CCN1CCOCC1)Nc1ccc2sc3c(-c4cccn5c(=O)cc(N6CCOCC6)nc45)cccc3c2c1. The van der Waals surface area contributed by atoms with Crippen molar-refractivity contribution in [2.75, 3.05) is 69.4 Å². The maximum absolute atomic E-state index is 13.1. The second-order valence-corrected chi connectivity index (χ2v) is 11.5. The fourth-order valence-corrected chi connectivity index (χ4v) is 6.88. The molecule has 0 unspecified atom stereocenters. The van der Waals surface area contributed by atoms with Crippen LogP contribution in [0.2, 0.25) is 0 Å². The third-order valence-corrected chi connectivity index (χ3v) is 9.06. The van der Waals surface area contributed by atoms with Crippen molar-refractivity contribution in [2.45, 2.75) is 20.3 Å². The molecule has 0 radical (unpaired) electrons. The first kappa shape index (κ1) is 29.3. The van der Waals surface area contributed by atoms with E-state index in [4.69, 9.17) is 14.5 Å². The van der Waals surface area contributed by atoms with Crippen molar-refractivity contribution < 1.29 is 14.3 Å². The van der Waals surface area contributed by atoms with E-state index < -0.39 is 0 Å². The smallest absolute Gasteiger partial charge is 0.259 e. The summed E-state index contributed by atoms with van der Waals surface area (Å²) in [6, 6.07) is 17.9. The zero-order valence-electron chi connectivity index (χ0n) is 24.7. The number of amides is 1. The lowest BCUT2D eigenvalue weighted by Crippen LogP contribution is -2.38. The molecule has 1 N–H and O–H groups in total. The molecule has 5 heterocycles. The molecule has 0 saturated carbocycles. The van der Waals surface area contributed by atoms with Gasteiger partial charge < -0.3 is 19.7 Å². The lowest BCUT2D eigenvalue weighted by Gasteiger charge is -2.27. The maximum Gasteiger partial charge on any atom is 0.259 e. The minimum absolute atomic E-state index is 0.0133. The summed E-state index contributed by atoms with van der Waals surface area (Å²) in [4.78, 5) is 35.2. The third kappa shape index (κ3) is 6.14. The van der Waals surface area contributed by atoms with Crippen molar-refractivity contribution >= 4 is 54.6 Å². The van der Waals surface area contributed by atoms with Crippen LogP contribution in [-0.2, 0) is 14.3 Å². The van der Waals surface area contributed by atoms with Crippen LogP contribution in [0.15, 0.2) is 65.6 Å². The lowest BCUT2D eigenvalue weighted by molar-refractivity contribution is -0.116. The number of benzene rings is 2. The number of thiophene rings is 1. The summed E-state index contributed by atoms with van der Waals surface area (Å²) in [5.74, 6) is 0.697. The molecule has 0 spiro atoms. The van der Waals surface area contributed by atoms with Crippen molar-refractivity contribution in [2.24, 2.45) is 0 Å². The topological polar surface area (TPSA) is 88.4 Å². The Hall–Kier alpha value is -3.83. The third-order valence-electron chi connectivity index (χ3n) is 7.84. The number of carbonyl (C=O) groups is 1. The van der Waals surface area contributed by atoms with Crippen LogP contribution < -0.4 is 15.8 Å². The Balaban J connectivity index is 0.00000161. The average molecular weight is 600 g/mol. The van der Waals surface area contributed by atoms with Crippen molar-refractivity contribution in [1.82, 2.24) is 14.3 Å². The first-order valence-electron chi connectivity index (χ1n) is 15.0. The van der Waals surface area contributed by atoms with Gasteiger partial charge in [-0.15, -0.1) is 11.3 Å². The molecular weight excluding hydrogens is 562 g/mol. The zero-order valence-corrected chi connectivity index (χ0v) is 25.5. The standard InChI is InChI=1S/C31H31N5O4S.C2H6/c37-28(8-10-34-11-15-39-16-12-34)32-21-6-7-26-25(19-21)23-4-1-3-22(30(23)41-26)24-5-2-9-36-29(38)20-27(33-31(24)36)35-13-17-40-18-14-35;1-2/h1-7,9,19-20H,8,10-18H2,(H,32,37);1-2H3. The van der Waals surface area contributed by atoms with Crippen LogP contribution in [0.1, 0.15) is 20.3 Å². The second kappa shape index (κ2) is 13.2. The lowest BCUT2D eigenvalue weighted by atomic mass is 10.0. The minimum Gasteiger partial charge on any atom is -0.379 e. The Morgan fingerprint density at radius 2 is 1.65 bits per heavy atom. The van der Waals surface area contributed by atoms with Gasteiger partial charge in [0.05, 0.1) is 26.4 Å². The van der Waals surface area contributed by atoms with Gasteiger partial charge in [0.1, 0.15) is 11.5 Å². The maximum atomic E-state index is 13.1. The number of fused-ring (bicyclic) bond motifs is 4. The summed E-state index contributed by atoms with van der Waals surface area (Å²) in [5.41, 5.74) is 3.27. The highest BCUT2D eigenvalue weighted by atomic mass is 32.1. The molecule has 0 aliphatic carbocycles. The zero-order chi connectivity index (χ0) is 29.8. The second-order valence-electron chi connectivity index (χ2n) is 10.4. The fraction of sp³-hybridized carbons (Fsp3) is 0.364. The number of pyridine rings is 1. The summed E-state index contributed by atoms with van der Waals surface area (Å²) in [7, 11) is 0. The number of anilines is 2. The van der Waals surface area contributed by atoms with Gasteiger partial charge in [-0.3, -0.25) is 18.9 Å². The van der Waals surface area contributed by atoms with Crippen LogP contribution in [0.3, 0.4) is 0 Å². The molecule has 2 aliphatic heterocycles.